The van der Waals surface area contributed by atoms with E-state index in [2.05, 4.69) is 22.0 Å². The first-order valence-electron chi connectivity index (χ1n) is 7.48. The SMILES string of the molecule is C1CCCC(NCCN2CCSCC2)CCC1. The van der Waals surface area contributed by atoms with Gasteiger partial charge in [0.05, 0.1) is 0 Å². The molecule has 3 heteroatoms. The van der Waals surface area contributed by atoms with Crippen LogP contribution in [0.15, 0.2) is 0 Å². The molecular formula is C14H28N2S. The van der Waals surface area contributed by atoms with Crippen molar-refractivity contribution in [3.05, 3.63) is 0 Å². The molecule has 1 aliphatic heterocycles. The van der Waals surface area contributed by atoms with Crippen LogP contribution in [0.3, 0.4) is 0 Å². The van der Waals surface area contributed by atoms with Gasteiger partial charge < -0.3 is 10.2 Å². The van der Waals surface area contributed by atoms with Crippen molar-refractivity contribution in [1.82, 2.24) is 10.2 Å². The lowest BCUT2D eigenvalue weighted by atomic mass is 9.97. The van der Waals surface area contributed by atoms with Gasteiger partial charge in [-0.25, -0.2) is 0 Å². The Kier molecular flexibility index (Phi) is 6.76. The highest BCUT2D eigenvalue weighted by molar-refractivity contribution is 7.99. The number of nitrogens with zero attached hydrogens (tertiary/aromatic N) is 1. The molecule has 0 aromatic heterocycles. The van der Waals surface area contributed by atoms with E-state index in [0.29, 0.717) is 0 Å². The minimum atomic E-state index is 0.814. The van der Waals surface area contributed by atoms with Crippen LogP contribution >= 0.6 is 11.8 Å². The van der Waals surface area contributed by atoms with E-state index in [1.165, 1.54) is 82.6 Å². The molecule has 100 valence electrons. The Hall–Kier alpha value is 0.270. The van der Waals surface area contributed by atoms with E-state index >= 15 is 0 Å². The van der Waals surface area contributed by atoms with Crippen molar-refractivity contribution in [1.29, 1.82) is 0 Å². The van der Waals surface area contributed by atoms with Crippen LogP contribution in [0.2, 0.25) is 0 Å². The molecule has 0 spiro atoms. The van der Waals surface area contributed by atoms with Gasteiger partial charge in [0.25, 0.3) is 0 Å². The first-order chi connectivity index (χ1) is 8.45. The fraction of sp³-hybridized carbons (Fsp3) is 1.00. The van der Waals surface area contributed by atoms with E-state index in [1.54, 1.807) is 0 Å². The standard InChI is InChI=1S/C14H28N2S/c1-2-4-6-14(7-5-3-1)15-8-9-16-10-12-17-13-11-16/h14-15H,1-13H2. The summed E-state index contributed by atoms with van der Waals surface area (Å²) in [5.41, 5.74) is 0. The number of thioether (sulfide) groups is 1. The lowest BCUT2D eigenvalue weighted by Gasteiger charge is -2.28. The third-order valence-electron chi connectivity index (χ3n) is 4.07. The normalized spacial score (nSPS) is 25.4. The van der Waals surface area contributed by atoms with Crippen LogP contribution < -0.4 is 5.32 Å². The Morgan fingerprint density at radius 1 is 0.941 bits per heavy atom. The van der Waals surface area contributed by atoms with Crippen LogP contribution in [-0.2, 0) is 0 Å². The fourth-order valence-corrected chi connectivity index (χ4v) is 3.89. The maximum atomic E-state index is 3.79. The Balaban J connectivity index is 1.56. The molecular weight excluding hydrogens is 228 g/mol. The molecule has 0 radical (unpaired) electrons. The monoisotopic (exact) mass is 256 g/mol. The number of nitrogens with one attached hydrogen (secondary N) is 1. The van der Waals surface area contributed by atoms with Crippen molar-refractivity contribution in [3.63, 3.8) is 0 Å². The lowest BCUT2D eigenvalue weighted by molar-refractivity contribution is 0.287. The first-order valence-corrected chi connectivity index (χ1v) is 8.64. The van der Waals surface area contributed by atoms with Crippen LogP contribution in [0.1, 0.15) is 44.9 Å². The third kappa shape index (κ3) is 5.62. The van der Waals surface area contributed by atoms with Crippen molar-refractivity contribution in [2.24, 2.45) is 0 Å². The van der Waals surface area contributed by atoms with E-state index in [1.807, 2.05) is 0 Å². The second-order valence-electron chi connectivity index (χ2n) is 5.45. The first kappa shape index (κ1) is 13.7. The molecule has 1 N–H and O–H groups in total. The van der Waals surface area contributed by atoms with Gasteiger partial charge in [-0.05, 0) is 12.8 Å². The molecule has 1 saturated carbocycles. The topological polar surface area (TPSA) is 15.3 Å². The van der Waals surface area contributed by atoms with Gasteiger partial charge in [-0.3, -0.25) is 0 Å². The van der Waals surface area contributed by atoms with Crippen LogP contribution in [0, 0.1) is 0 Å². The van der Waals surface area contributed by atoms with E-state index in [0.717, 1.165) is 6.04 Å². The summed E-state index contributed by atoms with van der Waals surface area (Å²) in [6.45, 7) is 5.07. The summed E-state index contributed by atoms with van der Waals surface area (Å²) < 4.78 is 0. The molecule has 1 aliphatic carbocycles. The summed E-state index contributed by atoms with van der Waals surface area (Å²) in [4.78, 5) is 2.62. The quantitative estimate of drug-likeness (QED) is 0.832. The summed E-state index contributed by atoms with van der Waals surface area (Å²) in [6.07, 6.45) is 10.1. The van der Waals surface area contributed by atoms with Gasteiger partial charge in [-0.2, -0.15) is 11.8 Å². The predicted octanol–water partition coefficient (Wildman–Crippen LogP) is 2.74. The van der Waals surface area contributed by atoms with Gasteiger partial charge in [-0.1, -0.05) is 32.1 Å². The molecule has 0 unspecified atom stereocenters. The molecule has 2 rings (SSSR count). The number of hydrogen-bond donors (Lipinski definition) is 1. The molecule has 2 fully saturated rings. The molecule has 0 aromatic rings. The van der Waals surface area contributed by atoms with E-state index < -0.39 is 0 Å². The minimum absolute atomic E-state index is 0.814. The summed E-state index contributed by atoms with van der Waals surface area (Å²) in [7, 11) is 0. The molecule has 0 atom stereocenters. The van der Waals surface area contributed by atoms with Crippen molar-refractivity contribution < 1.29 is 0 Å². The highest BCUT2D eigenvalue weighted by Gasteiger charge is 2.12. The van der Waals surface area contributed by atoms with Gasteiger partial charge in [0.2, 0.25) is 0 Å². The molecule has 0 aromatic carbocycles. The van der Waals surface area contributed by atoms with Crippen molar-refractivity contribution in [2.75, 3.05) is 37.7 Å². The number of hydrogen-bond acceptors (Lipinski definition) is 3. The zero-order valence-electron chi connectivity index (χ0n) is 11.1. The van der Waals surface area contributed by atoms with Gasteiger partial charge >= 0.3 is 0 Å². The van der Waals surface area contributed by atoms with Crippen LogP contribution in [-0.4, -0.2) is 48.6 Å². The second kappa shape index (κ2) is 8.39. The largest absolute Gasteiger partial charge is 0.313 e. The molecule has 0 amide bonds. The second-order valence-corrected chi connectivity index (χ2v) is 6.67. The van der Waals surface area contributed by atoms with Crippen molar-refractivity contribution in [3.8, 4) is 0 Å². The van der Waals surface area contributed by atoms with Gasteiger partial charge in [-0.15, -0.1) is 0 Å². The van der Waals surface area contributed by atoms with Crippen molar-refractivity contribution >= 4 is 11.8 Å². The summed E-state index contributed by atoms with van der Waals surface area (Å²) in [5, 5.41) is 3.79. The molecule has 1 heterocycles. The predicted molar refractivity (Wildman–Crippen MR) is 77.9 cm³/mol. The van der Waals surface area contributed by atoms with Gasteiger partial charge in [0.1, 0.15) is 0 Å². The molecule has 17 heavy (non-hydrogen) atoms. The Morgan fingerprint density at radius 2 is 1.59 bits per heavy atom. The Bertz CT molecular complexity index is 185. The maximum absolute atomic E-state index is 3.79. The summed E-state index contributed by atoms with van der Waals surface area (Å²) in [6, 6.07) is 0.814. The summed E-state index contributed by atoms with van der Waals surface area (Å²) >= 11 is 2.10. The highest BCUT2D eigenvalue weighted by Crippen LogP contribution is 2.17. The average Bonchev–Trinajstić information content (AvgIpc) is 2.33. The number of rotatable bonds is 4. The molecule has 0 bridgehead atoms. The van der Waals surface area contributed by atoms with Crippen molar-refractivity contribution in [2.45, 2.75) is 51.0 Å². The third-order valence-corrected chi connectivity index (χ3v) is 5.01. The average molecular weight is 256 g/mol. The van der Waals surface area contributed by atoms with Crippen LogP contribution in [0.4, 0.5) is 0 Å². The van der Waals surface area contributed by atoms with E-state index in [-0.39, 0.29) is 0 Å². The van der Waals surface area contributed by atoms with E-state index in [9.17, 15) is 0 Å². The zero-order valence-corrected chi connectivity index (χ0v) is 11.9. The van der Waals surface area contributed by atoms with E-state index in [4.69, 9.17) is 0 Å². The highest BCUT2D eigenvalue weighted by atomic mass is 32.2. The summed E-state index contributed by atoms with van der Waals surface area (Å²) in [5.74, 6) is 2.67. The van der Waals surface area contributed by atoms with Crippen LogP contribution in [0.25, 0.3) is 0 Å². The lowest BCUT2D eigenvalue weighted by Crippen LogP contribution is -2.40. The van der Waals surface area contributed by atoms with Crippen LogP contribution in [0.5, 0.6) is 0 Å². The molecule has 1 saturated heterocycles. The fourth-order valence-electron chi connectivity index (χ4n) is 2.91. The Labute approximate surface area is 111 Å². The Morgan fingerprint density at radius 3 is 2.29 bits per heavy atom. The smallest absolute Gasteiger partial charge is 0.0108 e. The maximum Gasteiger partial charge on any atom is 0.0108 e. The van der Waals surface area contributed by atoms with Gasteiger partial charge in [0, 0.05) is 43.7 Å². The minimum Gasteiger partial charge on any atom is -0.313 e. The van der Waals surface area contributed by atoms with Gasteiger partial charge in [0.15, 0.2) is 0 Å². The zero-order chi connectivity index (χ0) is 11.8. The molecule has 2 nitrogen and oxygen atoms in total. The molecule has 2 aliphatic rings.